The monoisotopic (exact) mass is 305 g/mol. The van der Waals surface area contributed by atoms with Crippen LogP contribution in [0.3, 0.4) is 0 Å². The molecular weight excluding hydrogens is 296 g/mol. The van der Waals surface area contributed by atoms with Crippen LogP contribution < -0.4 is 0 Å². The van der Waals surface area contributed by atoms with E-state index >= 15 is 0 Å². The highest BCUT2D eigenvalue weighted by Gasteiger charge is 2.12. The topological polar surface area (TPSA) is 12.4 Å². The van der Waals surface area contributed by atoms with Crippen LogP contribution in [0.15, 0.2) is 23.2 Å². The summed E-state index contributed by atoms with van der Waals surface area (Å²) in [5.41, 5.74) is 2.29. The van der Waals surface area contributed by atoms with E-state index in [0.717, 1.165) is 30.0 Å². The summed E-state index contributed by atoms with van der Waals surface area (Å²) in [4.78, 5) is 4.44. The summed E-state index contributed by atoms with van der Waals surface area (Å²) in [7, 11) is 0. The minimum absolute atomic E-state index is 0.820. The highest BCUT2D eigenvalue weighted by molar-refractivity contribution is 14.1. The number of halogens is 2. The Morgan fingerprint density at radius 3 is 2.92 bits per heavy atom. The Bertz CT molecular complexity index is 360. The number of hydrogen-bond donors (Lipinski definition) is 0. The van der Waals surface area contributed by atoms with Gasteiger partial charge in [-0.3, -0.25) is 4.99 Å². The summed E-state index contributed by atoms with van der Waals surface area (Å²) < 4.78 is 1.21. The first kappa shape index (κ1) is 9.46. The van der Waals surface area contributed by atoms with Crippen molar-refractivity contribution >= 4 is 39.9 Å². The third-order valence-corrected chi connectivity index (χ3v) is 3.11. The average molecular weight is 306 g/mol. The van der Waals surface area contributed by atoms with Gasteiger partial charge < -0.3 is 0 Å². The van der Waals surface area contributed by atoms with E-state index < -0.39 is 0 Å². The Kier molecular flexibility index (Phi) is 2.89. The second-order valence-corrected chi connectivity index (χ2v) is 4.71. The quantitative estimate of drug-likeness (QED) is 0.704. The van der Waals surface area contributed by atoms with Gasteiger partial charge >= 0.3 is 0 Å². The fourth-order valence-electron chi connectivity index (χ4n) is 1.48. The van der Waals surface area contributed by atoms with Gasteiger partial charge in [-0.2, -0.15) is 0 Å². The summed E-state index contributed by atoms with van der Waals surface area (Å²) >= 11 is 8.39. The van der Waals surface area contributed by atoms with Crippen molar-refractivity contribution in [3.63, 3.8) is 0 Å². The molecule has 0 saturated heterocycles. The molecular formula is C10H9ClIN. The van der Waals surface area contributed by atoms with Gasteiger partial charge in [0.1, 0.15) is 0 Å². The van der Waals surface area contributed by atoms with E-state index in [1.54, 1.807) is 0 Å². The standard InChI is InChI=1S/C10H9ClIN/c11-9-4-3-7(12)6-8(9)10-2-1-5-13-10/h3-4,6H,1-2,5H2. The van der Waals surface area contributed by atoms with Crippen molar-refractivity contribution in [2.75, 3.05) is 6.54 Å². The molecule has 3 heteroatoms. The molecule has 0 radical (unpaired) electrons. The lowest BCUT2D eigenvalue weighted by molar-refractivity contribution is 0.951. The molecule has 0 spiro atoms. The van der Waals surface area contributed by atoms with Crippen molar-refractivity contribution in [2.24, 2.45) is 4.99 Å². The third kappa shape index (κ3) is 2.05. The van der Waals surface area contributed by atoms with Crippen molar-refractivity contribution in [1.82, 2.24) is 0 Å². The van der Waals surface area contributed by atoms with Gasteiger partial charge in [-0.25, -0.2) is 0 Å². The number of nitrogens with zero attached hydrogens (tertiary/aromatic N) is 1. The Hall–Kier alpha value is -0.0900. The molecule has 0 aromatic heterocycles. The second-order valence-electron chi connectivity index (χ2n) is 3.06. The molecule has 68 valence electrons. The van der Waals surface area contributed by atoms with Crippen LogP contribution in [0.2, 0.25) is 5.02 Å². The molecule has 0 atom stereocenters. The smallest absolute Gasteiger partial charge is 0.0497 e. The zero-order valence-electron chi connectivity index (χ0n) is 7.06. The zero-order valence-corrected chi connectivity index (χ0v) is 9.97. The molecule has 1 heterocycles. The van der Waals surface area contributed by atoms with Crippen LogP contribution in [0.5, 0.6) is 0 Å². The minimum atomic E-state index is 0.820. The molecule has 2 rings (SSSR count). The fourth-order valence-corrected chi connectivity index (χ4v) is 2.20. The van der Waals surface area contributed by atoms with Crippen LogP contribution >= 0.6 is 34.2 Å². The van der Waals surface area contributed by atoms with E-state index in [1.165, 1.54) is 9.28 Å². The highest BCUT2D eigenvalue weighted by Crippen LogP contribution is 2.23. The van der Waals surface area contributed by atoms with Crippen LogP contribution in [0.1, 0.15) is 18.4 Å². The van der Waals surface area contributed by atoms with E-state index in [0.29, 0.717) is 0 Å². The van der Waals surface area contributed by atoms with E-state index in [1.807, 2.05) is 12.1 Å². The fraction of sp³-hybridized carbons (Fsp3) is 0.300. The summed E-state index contributed by atoms with van der Waals surface area (Å²) in [5, 5.41) is 0.820. The van der Waals surface area contributed by atoms with E-state index in [2.05, 4.69) is 33.6 Å². The van der Waals surface area contributed by atoms with Crippen molar-refractivity contribution in [3.05, 3.63) is 32.4 Å². The van der Waals surface area contributed by atoms with Gasteiger partial charge in [0.2, 0.25) is 0 Å². The second kappa shape index (κ2) is 3.96. The Balaban J connectivity index is 2.43. The molecule has 1 nitrogen and oxygen atoms in total. The van der Waals surface area contributed by atoms with E-state index in [4.69, 9.17) is 11.6 Å². The molecule has 0 bridgehead atoms. The molecule has 0 unspecified atom stereocenters. The first-order chi connectivity index (χ1) is 6.27. The molecule has 0 aliphatic carbocycles. The SMILES string of the molecule is Clc1ccc(I)cc1C1=NCCC1. The van der Waals surface area contributed by atoms with Crippen molar-refractivity contribution in [1.29, 1.82) is 0 Å². The maximum Gasteiger partial charge on any atom is 0.0497 e. The normalized spacial score (nSPS) is 16.0. The van der Waals surface area contributed by atoms with Gasteiger partial charge in [-0.05, 0) is 53.6 Å². The summed E-state index contributed by atoms with van der Waals surface area (Å²) in [6.45, 7) is 0.955. The predicted molar refractivity (Wildman–Crippen MR) is 64.8 cm³/mol. The van der Waals surface area contributed by atoms with Crippen LogP contribution in [0.4, 0.5) is 0 Å². The first-order valence-electron chi connectivity index (χ1n) is 4.26. The highest BCUT2D eigenvalue weighted by atomic mass is 127. The average Bonchev–Trinajstić information content (AvgIpc) is 2.61. The van der Waals surface area contributed by atoms with Gasteiger partial charge in [-0.1, -0.05) is 11.6 Å². The number of rotatable bonds is 1. The Morgan fingerprint density at radius 2 is 2.23 bits per heavy atom. The van der Waals surface area contributed by atoms with Gasteiger partial charge in [-0.15, -0.1) is 0 Å². The molecule has 13 heavy (non-hydrogen) atoms. The lowest BCUT2D eigenvalue weighted by Crippen LogP contribution is -1.97. The third-order valence-electron chi connectivity index (χ3n) is 2.11. The molecule has 0 N–H and O–H groups in total. The lowest BCUT2D eigenvalue weighted by atomic mass is 10.1. The summed E-state index contributed by atoms with van der Waals surface area (Å²) in [6.07, 6.45) is 2.23. The minimum Gasteiger partial charge on any atom is -0.289 e. The van der Waals surface area contributed by atoms with E-state index in [9.17, 15) is 0 Å². The number of hydrogen-bond acceptors (Lipinski definition) is 1. The van der Waals surface area contributed by atoms with Crippen LogP contribution in [0, 0.1) is 3.57 Å². The molecule has 1 aliphatic rings. The largest absolute Gasteiger partial charge is 0.289 e. The molecule has 0 fully saturated rings. The van der Waals surface area contributed by atoms with Crippen LogP contribution in [-0.4, -0.2) is 12.3 Å². The van der Waals surface area contributed by atoms with Gasteiger partial charge in [0.25, 0.3) is 0 Å². The molecule has 1 aliphatic heterocycles. The molecule has 0 saturated carbocycles. The van der Waals surface area contributed by atoms with E-state index in [-0.39, 0.29) is 0 Å². The first-order valence-corrected chi connectivity index (χ1v) is 5.72. The van der Waals surface area contributed by atoms with Gasteiger partial charge in [0, 0.05) is 26.4 Å². The Morgan fingerprint density at radius 1 is 1.38 bits per heavy atom. The Labute approximate surface area is 96.3 Å². The van der Waals surface area contributed by atoms with Crippen LogP contribution in [0.25, 0.3) is 0 Å². The van der Waals surface area contributed by atoms with Crippen molar-refractivity contribution < 1.29 is 0 Å². The molecule has 0 amide bonds. The predicted octanol–water partition coefficient (Wildman–Crippen LogP) is 3.53. The number of benzene rings is 1. The maximum atomic E-state index is 6.09. The van der Waals surface area contributed by atoms with Crippen LogP contribution in [-0.2, 0) is 0 Å². The van der Waals surface area contributed by atoms with Crippen molar-refractivity contribution in [3.8, 4) is 0 Å². The zero-order chi connectivity index (χ0) is 9.26. The van der Waals surface area contributed by atoms with Gasteiger partial charge in [0.05, 0.1) is 0 Å². The summed E-state index contributed by atoms with van der Waals surface area (Å²) in [5.74, 6) is 0. The maximum absolute atomic E-state index is 6.09. The lowest BCUT2D eigenvalue weighted by Gasteiger charge is -2.03. The number of aliphatic imine (C=N–C) groups is 1. The summed E-state index contributed by atoms with van der Waals surface area (Å²) in [6, 6.07) is 6.06. The molecule has 1 aromatic rings. The van der Waals surface area contributed by atoms with Crippen molar-refractivity contribution in [2.45, 2.75) is 12.8 Å². The molecule has 1 aromatic carbocycles. The van der Waals surface area contributed by atoms with Gasteiger partial charge in [0.15, 0.2) is 0 Å².